The Balaban J connectivity index is 0.000000141. The summed E-state index contributed by atoms with van der Waals surface area (Å²) in [6.07, 6.45) is 0.917. The fraction of sp³-hybridized carbons (Fsp3) is 0.238. The molecule has 4 N–H and O–H groups in total. The molecule has 0 unspecified atom stereocenters. The molecule has 29 heavy (non-hydrogen) atoms. The van der Waals surface area contributed by atoms with Crippen LogP contribution in [0.1, 0.15) is 11.1 Å². The van der Waals surface area contributed by atoms with Crippen LogP contribution in [0.25, 0.3) is 0 Å². The van der Waals surface area contributed by atoms with Crippen molar-refractivity contribution < 1.29 is 28.7 Å². The number of nitrogen functional groups attached to an aromatic ring is 2. The van der Waals surface area contributed by atoms with Gasteiger partial charge in [0.1, 0.15) is 0 Å². The van der Waals surface area contributed by atoms with E-state index in [-0.39, 0.29) is 0 Å². The van der Waals surface area contributed by atoms with E-state index in [0.717, 1.165) is 17.8 Å². The lowest BCUT2D eigenvalue weighted by atomic mass is 9.59. The fourth-order valence-electron chi connectivity index (χ4n) is 3.90. The molecule has 5 rings (SSSR count). The second kappa shape index (κ2) is 7.05. The summed E-state index contributed by atoms with van der Waals surface area (Å²) in [5.41, 5.74) is 15.4. The van der Waals surface area contributed by atoms with Gasteiger partial charge in [-0.15, -0.1) is 0 Å². The molecule has 148 valence electrons. The maximum absolute atomic E-state index is 11.1. The van der Waals surface area contributed by atoms with Gasteiger partial charge in [-0.1, -0.05) is 24.3 Å². The molecule has 3 aliphatic rings. The number of fused-ring (bicyclic) bond motifs is 4. The zero-order valence-electron chi connectivity index (χ0n) is 15.2. The van der Waals surface area contributed by atoms with Crippen molar-refractivity contribution in [3.05, 3.63) is 59.7 Å². The molecule has 0 spiro atoms. The molecule has 8 heteroatoms. The van der Waals surface area contributed by atoms with Gasteiger partial charge in [-0.25, -0.2) is 0 Å². The number of hydrogen-bond donors (Lipinski definition) is 2. The van der Waals surface area contributed by atoms with E-state index < -0.39 is 47.5 Å². The first kappa shape index (κ1) is 18.7. The Morgan fingerprint density at radius 1 is 0.552 bits per heavy atom. The smallest absolute Gasteiger partial charge is 0.318 e. The van der Waals surface area contributed by atoms with Gasteiger partial charge in [0.25, 0.3) is 0 Å². The van der Waals surface area contributed by atoms with Crippen molar-refractivity contribution in [2.75, 3.05) is 11.5 Å². The average molecular weight is 394 g/mol. The highest BCUT2D eigenvalue weighted by Gasteiger charge is 2.72. The van der Waals surface area contributed by atoms with Gasteiger partial charge in [0.15, 0.2) is 0 Å². The van der Waals surface area contributed by atoms with Gasteiger partial charge >= 0.3 is 23.9 Å². The molecule has 0 aromatic heterocycles. The van der Waals surface area contributed by atoms with Crippen LogP contribution in [0.3, 0.4) is 0 Å². The van der Waals surface area contributed by atoms with Crippen molar-refractivity contribution in [3.8, 4) is 0 Å². The second-order valence-electron chi connectivity index (χ2n) is 7.24. The lowest BCUT2D eigenvalue weighted by Crippen LogP contribution is -2.50. The number of cyclic esters (lactones) is 4. The first-order chi connectivity index (χ1) is 13.8. The first-order valence-electron chi connectivity index (χ1n) is 9.05. The number of esters is 4. The predicted molar refractivity (Wildman–Crippen MR) is 101 cm³/mol. The van der Waals surface area contributed by atoms with E-state index in [1.165, 1.54) is 11.1 Å². The van der Waals surface area contributed by atoms with Crippen LogP contribution in [0.15, 0.2) is 48.5 Å². The van der Waals surface area contributed by atoms with E-state index >= 15 is 0 Å². The molecule has 0 atom stereocenters. The first-order valence-corrected chi connectivity index (χ1v) is 9.05. The number of hydrogen-bond acceptors (Lipinski definition) is 8. The van der Waals surface area contributed by atoms with Gasteiger partial charge in [-0.2, -0.15) is 0 Å². The van der Waals surface area contributed by atoms with E-state index in [4.69, 9.17) is 11.5 Å². The zero-order chi connectivity index (χ0) is 20.7. The third kappa shape index (κ3) is 3.33. The molecule has 2 aromatic rings. The van der Waals surface area contributed by atoms with Crippen LogP contribution in [-0.4, -0.2) is 23.9 Å². The minimum Gasteiger partial charge on any atom is -0.399 e. The molecule has 8 nitrogen and oxygen atoms in total. The minimum atomic E-state index is -0.786. The van der Waals surface area contributed by atoms with Crippen LogP contribution in [-0.2, 0) is 35.1 Å². The van der Waals surface area contributed by atoms with Gasteiger partial charge in [0.2, 0.25) is 0 Å². The van der Waals surface area contributed by atoms with Crippen molar-refractivity contribution in [2.24, 2.45) is 23.7 Å². The highest BCUT2D eigenvalue weighted by Crippen LogP contribution is 2.54. The van der Waals surface area contributed by atoms with Gasteiger partial charge in [-0.05, 0) is 41.8 Å². The molecule has 1 saturated carbocycles. The van der Waals surface area contributed by atoms with Gasteiger partial charge < -0.3 is 20.9 Å². The topological polar surface area (TPSA) is 139 Å². The van der Waals surface area contributed by atoms with Gasteiger partial charge in [-0.3, -0.25) is 19.2 Å². The Hall–Kier alpha value is -3.68. The van der Waals surface area contributed by atoms with Crippen molar-refractivity contribution in [1.82, 2.24) is 0 Å². The Kier molecular flexibility index (Phi) is 4.54. The number of carbonyl (C=O) groups excluding carboxylic acids is 4. The summed E-state index contributed by atoms with van der Waals surface area (Å²) in [6, 6.07) is 15.9. The molecule has 3 fully saturated rings. The highest BCUT2D eigenvalue weighted by atomic mass is 16.6. The summed E-state index contributed by atoms with van der Waals surface area (Å²) >= 11 is 0. The molecule has 1 aliphatic carbocycles. The lowest BCUT2D eigenvalue weighted by Gasteiger charge is -2.33. The van der Waals surface area contributed by atoms with Crippen LogP contribution < -0.4 is 11.5 Å². The Morgan fingerprint density at radius 3 is 1.10 bits per heavy atom. The van der Waals surface area contributed by atoms with Crippen molar-refractivity contribution >= 4 is 35.3 Å². The third-order valence-corrected chi connectivity index (χ3v) is 5.41. The maximum atomic E-state index is 11.1. The van der Waals surface area contributed by atoms with E-state index in [1.807, 2.05) is 48.5 Å². The molecule has 0 radical (unpaired) electrons. The number of benzene rings is 2. The summed E-state index contributed by atoms with van der Waals surface area (Å²) in [6.45, 7) is 0. The van der Waals surface area contributed by atoms with Crippen LogP contribution >= 0.6 is 0 Å². The Morgan fingerprint density at radius 2 is 0.828 bits per heavy atom. The Labute approximate surface area is 165 Å². The average Bonchev–Trinajstić information content (AvgIpc) is 3.01. The van der Waals surface area contributed by atoms with Crippen LogP contribution in [0.4, 0.5) is 11.4 Å². The molecule has 0 amide bonds. The molecule has 2 heterocycles. The lowest BCUT2D eigenvalue weighted by molar-refractivity contribution is -0.158. The van der Waals surface area contributed by atoms with Crippen LogP contribution in [0.5, 0.6) is 0 Å². The summed E-state index contributed by atoms with van der Waals surface area (Å²) < 4.78 is 8.69. The Bertz CT molecular complexity index is 873. The summed E-state index contributed by atoms with van der Waals surface area (Å²) in [7, 11) is 0. The second-order valence-corrected chi connectivity index (χ2v) is 7.24. The van der Waals surface area contributed by atoms with Gasteiger partial charge in [0.05, 0.1) is 23.7 Å². The number of anilines is 2. The zero-order valence-corrected chi connectivity index (χ0v) is 15.2. The standard InChI is InChI=1S/C13H14N2.C8H4O6/c14-12-5-1-10(2-6-12)9-11-3-7-13(15)8-4-11;9-5-1-2(6(10)13-5)4-3(1)7(11)14-8(4)12/h1-8H,9,14-15H2;1-4H. The number of rotatable bonds is 2. The quantitative estimate of drug-likeness (QED) is 0.438. The van der Waals surface area contributed by atoms with E-state index in [9.17, 15) is 19.2 Å². The normalized spacial score (nSPS) is 26.5. The van der Waals surface area contributed by atoms with Crippen molar-refractivity contribution in [1.29, 1.82) is 0 Å². The van der Waals surface area contributed by atoms with Crippen molar-refractivity contribution in [3.63, 3.8) is 0 Å². The number of nitrogens with two attached hydrogens (primary N) is 2. The maximum Gasteiger partial charge on any atom is 0.318 e. The summed E-state index contributed by atoms with van der Waals surface area (Å²) in [5.74, 6) is -6.00. The summed E-state index contributed by atoms with van der Waals surface area (Å²) in [4.78, 5) is 44.3. The molecule has 2 saturated heterocycles. The molecule has 2 aliphatic heterocycles. The number of carbonyl (C=O) groups is 4. The van der Waals surface area contributed by atoms with Gasteiger partial charge in [0, 0.05) is 11.4 Å². The third-order valence-electron chi connectivity index (χ3n) is 5.41. The van der Waals surface area contributed by atoms with Crippen LogP contribution in [0.2, 0.25) is 0 Å². The van der Waals surface area contributed by atoms with E-state index in [1.54, 1.807) is 0 Å². The number of ether oxygens (including phenoxy) is 2. The van der Waals surface area contributed by atoms with Crippen LogP contribution in [0, 0.1) is 23.7 Å². The van der Waals surface area contributed by atoms with E-state index in [2.05, 4.69) is 9.47 Å². The fourth-order valence-corrected chi connectivity index (χ4v) is 3.90. The van der Waals surface area contributed by atoms with E-state index in [0.29, 0.717) is 0 Å². The summed E-state index contributed by atoms with van der Waals surface area (Å²) in [5, 5.41) is 0. The molecular weight excluding hydrogens is 376 g/mol. The predicted octanol–water partition coefficient (Wildman–Crippen LogP) is 1.07. The SMILES string of the molecule is Nc1ccc(Cc2ccc(N)cc2)cc1.O=C1OC(=O)C2C1C1C(=O)OC(=O)C21. The minimum absolute atomic E-state index is 0.715. The molecule has 2 aromatic carbocycles. The molecular formula is C21H18N2O6. The van der Waals surface area contributed by atoms with Crippen molar-refractivity contribution in [2.45, 2.75) is 6.42 Å². The molecule has 0 bridgehead atoms. The monoisotopic (exact) mass is 394 g/mol. The largest absolute Gasteiger partial charge is 0.399 e. The highest BCUT2D eigenvalue weighted by molar-refractivity contribution is 6.10.